The molecule has 0 aromatic heterocycles. The molecule has 0 N–H and O–H groups in total. The van der Waals surface area contributed by atoms with E-state index in [1.807, 2.05) is 0 Å². The highest BCUT2D eigenvalue weighted by Gasteiger charge is 1.94. The van der Waals surface area contributed by atoms with Gasteiger partial charge in [0.1, 0.15) is 0 Å². The Morgan fingerprint density at radius 1 is 1.46 bits per heavy atom. The average molecular weight is 202 g/mol. The van der Waals surface area contributed by atoms with Crippen molar-refractivity contribution >= 4 is 15.7 Å². The van der Waals surface area contributed by atoms with E-state index in [0.29, 0.717) is 6.61 Å². The molecule has 13 heavy (non-hydrogen) atoms. The van der Waals surface area contributed by atoms with Crippen molar-refractivity contribution in [2.75, 3.05) is 13.7 Å². The topological polar surface area (TPSA) is 35.5 Å². The van der Waals surface area contributed by atoms with Crippen molar-refractivity contribution in [1.29, 1.82) is 0 Å². The minimum Gasteiger partial charge on any atom is -0.463 e. The van der Waals surface area contributed by atoms with E-state index >= 15 is 0 Å². The number of esters is 1. The zero-order chi connectivity index (χ0) is 9.94. The van der Waals surface area contributed by atoms with Crippen LogP contribution in [-0.4, -0.2) is 29.4 Å². The van der Waals surface area contributed by atoms with E-state index in [1.54, 1.807) is 7.11 Å². The normalized spacial score (nSPS) is 10.5. The van der Waals surface area contributed by atoms with Gasteiger partial charge in [0.05, 0.1) is 6.61 Å². The lowest BCUT2D eigenvalue weighted by atomic mass is 10.3. The SMILES string of the molecule is C=CC(=O)OCCCCC[SiH2]OC. The van der Waals surface area contributed by atoms with Crippen LogP contribution in [0, 0.1) is 0 Å². The Balaban J connectivity index is 2.99. The summed E-state index contributed by atoms with van der Waals surface area (Å²) in [6, 6.07) is 1.21. The number of carbonyl (C=O) groups is 1. The van der Waals surface area contributed by atoms with Crippen molar-refractivity contribution in [3.05, 3.63) is 12.7 Å². The molecule has 0 rings (SSSR count). The Morgan fingerprint density at radius 3 is 2.85 bits per heavy atom. The van der Waals surface area contributed by atoms with E-state index in [2.05, 4.69) is 6.58 Å². The molecule has 3 nitrogen and oxygen atoms in total. The van der Waals surface area contributed by atoms with Crippen LogP contribution in [0.4, 0.5) is 0 Å². The fourth-order valence-corrected chi connectivity index (χ4v) is 1.78. The molecule has 0 fully saturated rings. The van der Waals surface area contributed by atoms with E-state index in [9.17, 15) is 4.79 Å². The molecule has 0 saturated carbocycles. The molecule has 0 aliphatic rings. The van der Waals surface area contributed by atoms with E-state index in [4.69, 9.17) is 9.16 Å². The minimum atomic E-state index is -0.328. The molecular weight excluding hydrogens is 184 g/mol. The molecular formula is C9H18O3Si. The van der Waals surface area contributed by atoms with Crippen molar-refractivity contribution in [2.45, 2.75) is 25.3 Å². The number of rotatable bonds is 8. The fourth-order valence-electron chi connectivity index (χ4n) is 0.934. The Hall–Kier alpha value is -0.613. The van der Waals surface area contributed by atoms with Gasteiger partial charge in [-0.25, -0.2) is 4.79 Å². The Morgan fingerprint density at radius 2 is 2.23 bits per heavy atom. The average Bonchev–Trinajstić information content (AvgIpc) is 2.16. The third kappa shape index (κ3) is 9.30. The number of hydrogen-bond acceptors (Lipinski definition) is 3. The third-order valence-corrected chi connectivity index (χ3v) is 2.85. The summed E-state index contributed by atoms with van der Waals surface area (Å²) in [6.07, 6.45) is 4.43. The van der Waals surface area contributed by atoms with Gasteiger partial charge in [-0.1, -0.05) is 19.4 Å². The first-order valence-electron chi connectivity index (χ1n) is 4.59. The van der Waals surface area contributed by atoms with Gasteiger partial charge in [-0.05, 0) is 12.5 Å². The second kappa shape index (κ2) is 9.47. The zero-order valence-corrected chi connectivity index (χ0v) is 9.67. The monoisotopic (exact) mass is 202 g/mol. The van der Waals surface area contributed by atoms with Crippen LogP contribution in [0.5, 0.6) is 0 Å². The van der Waals surface area contributed by atoms with Gasteiger partial charge in [0, 0.05) is 13.2 Å². The predicted molar refractivity (Wildman–Crippen MR) is 55.4 cm³/mol. The van der Waals surface area contributed by atoms with E-state index in [0.717, 1.165) is 12.8 Å². The summed E-state index contributed by atoms with van der Waals surface area (Å²) in [7, 11) is 1.51. The summed E-state index contributed by atoms with van der Waals surface area (Å²) in [5, 5.41) is 0. The van der Waals surface area contributed by atoms with Gasteiger partial charge in [-0.15, -0.1) is 0 Å². The molecule has 76 valence electrons. The summed E-state index contributed by atoms with van der Waals surface area (Å²) >= 11 is 0. The number of hydrogen-bond donors (Lipinski definition) is 0. The highest BCUT2D eigenvalue weighted by atomic mass is 28.2. The first-order chi connectivity index (χ1) is 6.31. The first kappa shape index (κ1) is 12.4. The Kier molecular flexibility index (Phi) is 9.03. The summed E-state index contributed by atoms with van der Waals surface area (Å²) in [5.41, 5.74) is 0. The van der Waals surface area contributed by atoms with Crippen LogP contribution in [0.2, 0.25) is 6.04 Å². The van der Waals surface area contributed by atoms with Crippen LogP contribution < -0.4 is 0 Å². The molecule has 0 spiro atoms. The van der Waals surface area contributed by atoms with E-state index < -0.39 is 0 Å². The van der Waals surface area contributed by atoms with Crippen LogP contribution in [0.1, 0.15) is 19.3 Å². The molecule has 0 radical (unpaired) electrons. The van der Waals surface area contributed by atoms with Crippen molar-refractivity contribution in [1.82, 2.24) is 0 Å². The van der Waals surface area contributed by atoms with Gasteiger partial charge >= 0.3 is 5.97 Å². The highest BCUT2D eigenvalue weighted by molar-refractivity contribution is 6.26. The number of unbranched alkanes of at least 4 members (excludes halogenated alkanes) is 2. The molecule has 0 atom stereocenters. The summed E-state index contributed by atoms with van der Waals surface area (Å²) in [5.74, 6) is -0.328. The molecule has 4 heteroatoms. The third-order valence-electron chi connectivity index (χ3n) is 1.65. The number of ether oxygens (including phenoxy) is 1. The molecule has 0 unspecified atom stereocenters. The van der Waals surface area contributed by atoms with Crippen molar-refractivity contribution in [3.8, 4) is 0 Å². The molecule has 0 aliphatic carbocycles. The Bertz CT molecular complexity index is 148. The van der Waals surface area contributed by atoms with Gasteiger partial charge in [0.25, 0.3) is 0 Å². The summed E-state index contributed by atoms with van der Waals surface area (Å²) in [6.45, 7) is 3.83. The molecule has 0 bridgehead atoms. The van der Waals surface area contributed by atoms with Gasteiger partial charge in [-0.2, -0.15) is 0 Å². The lowest BCUT2D eigenvalue weighted by Crippen LogP contribution is -2.01. The zero-order valence-electron chi connectivity index (χ0n) is 8.25. The maximum absolute atomic E-state index is 10.6. The van der Waals surface area contributed by atoms with Crippen LogP contribution in [0.25, 0.3) is 0 Å². The van der Waals surface area contributed by atoms with Gasteiger partial charge in [0.2, 0.25) is 0 Å². The minimum absolute atomic E-state index is 0.257. The molecule has 0 aromatic carbocycles. The van der Waals surface area contributed by atoms with Gasteiger partial charge in [0.15, 0.2) is 9.76 Å². The van der Waals surface area contributed by atoms with E-state index in [-0.39, 0.29) is 15.7 Å². The lowest BCUT2D eigenvalue weighted by Gasteiger charge is -2.01. The summed E-state index contributed by atoms with van der Waals surface area (Å²) < 4.78 is 9.87. The van der Waals surface area contributed by atoms with Crippen LogP contribution >= 0.6 is 0 Å². The summed E-state index contributed by atoms with van der Waals surface area (Å²) in [4.78, 5) is 10.6. The van der Waals surface area contributed by atoms with Crippen LogP contribution in [0.3, 0.4) is 0 Å². The lowest BCUT2D eigenvalue weighted by molar-refractivity contribution is -0.137. The first-order valence-corrected chi connectivity index (χ1v) is 6.17. The highest BCUT2D eigenvalue weighted by Crippen LogP contribution is 2.00. The van der Waals surface area contributed by atoms with Gasteiger partial charge in [-0.3, -0.25) is 0 Å². The van der Waals surface area contributed by atoms with Crippen LogP contribution in [0.15, 0.2) is 12.7 Å². The molecule has 0 aliphatic heterocycles. The maximum atomic E-state index is 10.6. The second-order valence-corrected chi connectivity index (χ2v) is 4.47. The van der Waals surface area contributed by atoms with Crippen molar-refractivity contribution in [3.63, 3.8) is 0 Å². The smallest absolute Gasteiger partial charge is 0.330 e. The predicted octanol–water partition coefficient (Wildman–Crippen LogP) is 1.03. The molecule has 0 heterocycles. The standard InChI is InChI=1S/C9H18O3Si/c1-3-9(10)12-7-5-4-6-8-13-11-2/h3H,1,4-8,13H2,2H3. The van der Waals surface area contributed by atoms with Crippen molar-refractivity contribution in [2.24, 2.45) is 0 Å². The van der Waals surface area contributed by atoms with Crippen molar-refractivity contribution < 1.29 is 14.0 Å². The Labute approximate surface area is 82.1 Å². The molecule has 0 amide bonds. The van der Waals surface area contributed by atoms with E-state index in [1.165, 1.54) is 18.5 Å². The fraction of sp³-hybridized carbons (Fsp3) is 0.667. The molecule has 0 aromatic rings. The second-order valence-electron chi connectivity index (χ2n) is 2.78. The largest absolute Gasteiger partial charge is 0.463 e. The van der Waals surface area contributed by atoms with Gasteiger partial charge < -0.3 is 9.16 Å². The maximum Gasteiger partial charge on any atom is 0.330 e. The molecule has 0 saturated heterocycles. The van der Waals surface area contributed by atoms with Crippen LogP contribution in [-0.2, 0) is 14.0 Å². The number of carbonyl (C=O) groups excluding carboxylic acids is 1. The quantitative estimate of drug-likeness (QED) is 0.255.